The molecule has 0 amide bonds. The molecular weight excluding hydrogens is 124 g/mol. The van der Waals surface area contributed by atoms with Gasteiger partial charge in [0.15, 0.2) is 0 Å². The van der Waals surface area contributed by atoms with Crippen LogP contribution in [-0.2, 0) is 15.0 Å². The predicted molar refractivity (Wildman–Crippen MR) is 30.3 cm³/mol. The molecule has 56 valence electrons. The molecule has 0 spiro atoms. The second-order valence-corrected chi connectivity index (χ2v) is 2.34. The Bertz CT molecular complexity index is 71.4. The van der Waals surface area contributed by atoms with E-state index in [1.807, 2.05) is 20.8 Å². The lowest BCUT2D eigenvalue weighted by molar-refractivity contribution is -0.640. The van der Waals surface area contributed by atoms with Gasteiger partial charge in [-0.3, -0.25) is 0 Å². The highest BCUT2D eigenvalue weighted by molar-refractivity contribution is 4.61. The van der Waals surface area contributed by atoms with Crippen molar-refractivity contribution in [3.8, 4) is 0 Å². The maximum Gasteiger partial charge on any atom is 0.101 e. The highest BCUT2D eigenvalue weighted by Gasteiger charge is 2.16. The summed E-state index contributed by atoms with van der Waals surface area (Å²) in [6, 6.07) is 0. The average Bonchev–Trinajstić information content (AvgIpc) is 1.84. The van der Waals surface area contributed by atoms with Gasteiger partial charge in [0.1, 0.15) is 5.60 Å². The van der Waals surface area contributed by atoms with Crippen LogP contribution in [0.4, 0.5) is 0 Å². The van der Waals surface area contributed by atoms with Gasteiger partial charge in [0.05, 0.1) is 0 Å². The molecule has 0 radical (unpaired) electrons. The van der Waals surface area contributed by atoms with E-state index >= 15 is 0 Å². The first-order chi connectivity index (χ1) is 4.12. The second kappa shape index (κ2) is 3.79. The first-order valence-corrected chi connectivity index (χ1v) is 2.78. The molecule has 9 heavy (non-hydrogen) atoms. The molecule has 0 saturated heterocycles. The smallest absolute Gasteiger partial charge is 0.101 e. The molecule has 0 saturated carbocycles. The van der Waals surface area contributed by atoms with Crippen molar-refractivity contribution in [1.82, 2.24) is 0 Å². The molecule has 0 aliphatic rings. The molecule has 4 heteroatoms. The van der Waals surface area contributed by atoms with Crippen molar-refractivity contribution in [1.29, 1.82) is 0 Å². The van der Waals surface area contributed by atoms with Crippen LogP contribution in [0.2, 0.25) is 0 Å². The minimum absolute atomic E-state index is 0.414. The summed E-state index contributed by atoms with van der Waals surface area (Å²) in [4.78, 5) is 4.56. The molecule has 0 unspecified atom stereocenters. The molecule has 0 rings (SSSR count). The Labute approximate surface area is 54.1 Å². The van der Waals surface area contributed by atoms with Gasteiger partial charge in [-0.2, -0.15) is 4.89 Å². The molecule has 1 N–H and O–H groups in total. The summed E-state index contributed by atoms with van der Waals surface area (Å²) in [6.07, 6.45) is 0.774. The van der Waals surface area contributed by atoms with Crippen LogP contribution >= 0.6 is 0 Å². The fourth-order valence-electron chi connectivity index (χ4n) is 0.166. The van der Waals surface area contributed by atoms with E-state index in [0.717, 1.165) is 6.42 Å². The van der Waals surface area contributed by atoms with Gasteiger partial charge in [0.2, 0.25) is 0 Å². The van der Waals surface area contributed by atoms with Crippen molar-refractivity contribution >= 4 is 0 Å². The molecule has 0 aliphatic heterocycles. The van der Waals surface area contributed by atoms with E-state index in [0.29, 0.717) is 0 Å². The summed E-state index contributed by atoms with van der Waals surface area (Å²) in [6.45, 7) is 5.55. The summed E-state index contributed by atoms with van der Waals surface area (Å²) >= 11 is 0. The number of hydrogen-bond acceptors (Lipinski definition) is 4. The van der Waals surface area contributed by atoms with E-state index in [1.54, 1.807) is 0 Å². The first-order valence-electron chi connectivity index (χ1n) is 2.78. The van der Waals surface area contributed by atoms with Gasteiger partial charge < -0.3 is 0 Å². The molecule has 0 aromatic rings. The second-order valence-electron chi connectivity index (χ2n) is 2.34. The fraction of sp³-hybridized carbons (Fsp3) is 1.00. The maximum absolute atomic E-state index is 7.68. The molecule has 0 fully saturated rings. The van der Waals surface area contributed by atoms with Crippen LogP contribution in [0.25, 0.3) is 0 Å². The molecule has 0 aliphatic carbocycles. The highest BCUT2D eigenvalue weighted by Crippen LogP contribution is 2.13. The Morgan fingerprint density at radius 3 is 2.33 bits per heavy atom. The van der Waals surface area contributed by atoms with Crippen LogP contribution in [-0.4, -0.2) is 10.9 Å². The monoisotopic (exact) mass is 136 g/mol. The Balaban J connectivity index is 3.33. The summed E-state index contributed by atoms with van der Waals surface area (Å²) in [5, 5.41) is 14.8. The van der Waals surface area contributed by atoms with Gasteiger partial charge in [0.25, 0.3) is 0 Å². The van der Waals surface area contributed by atoms with Crippen molar-refractivity contribution < 1.29 is 20.2 Å². The lowest BCUT2D eigenvalue weighted by atomic mass is 10.1. The third-order valence-corrected chi connectivity index (χ3v) is 1.14. The van der Waals surface area contributed by atoms with Crippen LogP contribution in [0.5, 0.6) is 0 Å². The molecule has 0 bridgehead atoms. The van der Waals surface area contributed by atoms with E-state index in [9.17, 15) is 0 Å². The van der Waals surface area contributed by atoms with Crippen molar-refractivity contribution in [3.05, 3.63) is 0 Å². The zero-order chi connectivity index (χ0) is 7.33. The fourth-order valence-corrected chi connectivity index (χ4v) is 0.166. The largest absolute Gasteiger partial charge is 0.219 e. The molecule has 4 nitrogen and oxygen atoms in total. The van der Waals surface area contributed by atoms with Crippen molar-refractivity contribution in [3.63, 3.8) is 0 Å². The van der Waals surface area contributed by atoms with E-state index in [1.165, 1.54) is 0 Å². The first kappa shape index (κ1) is 8.84. The molecule has 0 aromatic carbocycles. The Hall–Kier alpha value is -0.160. The molecule has 0 atom stereocenters. The zero-order valence-corrected chi connectivity index (χ0v) is 5.88. The third-order valence-electron chi connectivity index (χ3n) is 1.14. The van der Waals surface area contributed by atoms with Gasteiger partial charge in [0, 0.05) is 0 Å². The summed E-state index contributed by atoms with van der Waals surface area (Å²) in [5.41, 5.74) is -0.414. The Morgan fingerprint density at radius 2 is 2.00 bits per heavy atom. The number of rotatable bonds is 4. The van der Waals surface area contributed by atoms with Gasteiger partial charge in [-0.1, -0.05) is 6.92 Å². The zero-order valence-electron chi connectivity index (χ0n) is 5.88. The van der Waals surface area contributed by atoms with Crippen molar-refractivity contribution in [2.75, 3.05) is 0 Å². The van der Waals surface area contributed by atoms with E-state index in [4.69, 9.17) is 5.26 Å². The van der Waals surface area contributed by atoms with Gasteiger partial charge >= 0.3 is 0 Å². The van der Waals surface area contributed by atoms with E-state index in [2.05, 4.69) is 15.0 Å². The SMILES string of the molecule is CCC(C)(C)OOOO. The van der Waals surface area contributed by atoms with Gasteiger partial charge in [-0.15, -0.1) is 0 Å². The third kappa shape index (κ3) is 4.35. The predicted octanol–water partition coefficient (Wildman–Crippen LogP) is 1.53. The molecule has 0 heterocycles. The van der Waals surface area contributed by atoms with Crippen LogP contribution in [0.3, 0.4) is 0 Å². The molecule has 0 aromatic heterocycles. The maximum atomic E-state index is 7.68. The van der Waals surface area contributed by atoms with Gasteiger partial charge in [-0.05, 0) is 30.3 Å². The Kier molecular flexibility index (Phi) is 3.72. The normalized spacial score (nSPS) is 12.0. The summed E-state index contributed by atoms with van der Waals surface area (Å²) < 4.78 is 0. The minimum Gasteiger partial charge on any atom is -0.219 e. The average molecular weight is 136 g/mol. The van der Waals surface area contributed by atoms with Crippen molar-refractivity contribution in [2.24, 2.45) is 0 Å². The number of hydrogen-bond donors (Lipinski definition) is 1. The minimum atomic E-state index is -0.414. The summed E-state index contributed by atoms with van der Waals surface area (Å²) in [5.74, 6) is 0. The highest BCUT2D eigenvalue weighted by atomic mass is 17.6. The van der Waals surface area contributed by atoms with Gasteiger partial charge in [-0.25, -0.2) is 5.26 Å². The van der Waals surface area contributed by atoms with Crippen LogP contribution in [0.1, 0.15) is 27.2 Å². The van der Waals surface area contributed by atoms with Crippen LogP contribution in [0, 0.1) is 0 Å². The lowest BCUT2D eigenvalue weighted by Gasteiger charge is -2.18. The van der Waals surface area contributed by atoms with E-state index < -0.39 is 5.60 Å². The standard InChI is InChI=1S/C5H12O4/c1-4-5(2,3)7-9-8-6/h6H,4H2,1-3H3. The Morgan fingerprint density at radius 1 is 1.44 bits per heavy atom. The lowest BCUT2D eigenvalue weighted by Crippen LogP contribution is -2.22. The molecular formula is C5H12O4. The summed E-state index contributed by atoms with van der Waals surface area (Å²) in [7, 11) is 0. The quantitative estimate of drug-likeness (QED) is 0.470. The topological polar surface area (TPSA) is 47.9 Å². The van der Waals surface area contributed by atoms with Crippen molar-refractivity contribution in [2.45, 2.75) is 32.8 Å². The van der Waals surface area contributed by atoms with Crippen LogP contribution < -0.4 is 0 Å². The van der Waals surface area contributed by atoms with E-state index in [-0.39, 0.29) is 0 Å². The van der Waals surface area contributed by atoms with Crippen LogP contribution in [0.15, 0.2) is 0 Å².